The lowest BCUT2D eigenvalue weighted by atomic mass is 10.1. The number of rotatable bonds is 7. The van der Waals surface area contributed by atoms with Crippen LogP contribution in [0.3, 0.4) is 0 Å². The molecule has 10 heteroatoms. The van der Waals surface area contributed by atoms with Crippen LogP contribution in [0.2, 0.25) is 0 Å². The Morgan fingerprint density at radius 2 is 1.94 bits per heavy atom. The molecular weight excluding hydrogens is 414 g/mol. The van der Waals surface area contributed by atoms with E-state index in [4.69, 9.17) is 4.74 Å². The summed E-state index contributed by atoms with van der Waals surface area (Å²) in [6.45, 7) is 3.41. The minimum atomic E-state index is -0.657. The molecule has 1 aromatic heterocycles. The van der Waals surface area contributed by atoms with Crippen LogP contribution in [0.15, 0.2) is 63.6 Å². The highest BCUT2D eigenvalue weighted by Crippen LogP contribution is 2.33. The fourth-order valence-electron chi connectivity index (χ4n) is 3.02. The average Bonchev–Trinajstić information content (AvgIpc) is 2.79. The molecule has 0 atom stereocenters. The number of hydrogen-bond acceptors (Lipinski definition) is 8. The number of pyridine rings is 1. The third-order valence-electron chi connectivity index (χ3n) is 4.73. The van der Waals surface area contributed by atoms with E-state index in [1.807, 2.05) is 36.4 Å². The predicted molar refractivity (Wildman–Crippen MR) is 116 cm³/mol. The van der Waals surface area contributed by atoms with Crippen molar-refractivity contribution >= 4 is 17.1 Å². The molecule has 0 spiro atoms. The van der Waals surface area contributed by atoms with Gasteiger partial charge in [0.05, 0.1) is 11.0 Å². The number of ether oxygens (including phenoxy) is 1. The van der Waals surface area contributed by atoms with Gasteiger partial charge in [0.25, 0.3) is 11.2 Å². The monoisotopic (exact) mass is 433 g/mol. The summed E-state index contributed by atoms with van der Waals surface area (Å²) < 4.78 is 6.60. The van der Waals surface area contributed by atoms with E-state index < -0.39 is 16.4 Å². The van der Waals surface area contributed by atoms with Crippen molar-refractivity contribution in [3.63, 3.8) is 0 Å². The Bertz CT molecular complexity index is 1290. The van der Waals surface area contributed by atoms with E-state index in [0.717, 1.165) is 10.1 Å². The van der Waals surface area contributed by atoms with Gasteiger partial charge in [0.15, 0.2) is 11.4 Å². The van der Waals surface area contributed by atoms with Gasteiger partial charge >= 0.3 is 0 Å². The van der Waals surface area contributed by atoms with Gasteiger partial charge in [-0.15, -0.1) is 10.2 Å². The number of aromatic nitrogens is 1. The summed E-state index contributed by atoms with van der Waals surface area (Å²) in [6, 6.07) is 15.3. The SMILES string of the molecule is CCn1c(O)c(C#N)c(C)c(N=Nc2ccc(OCc3ccccc3)cc2[N+](=O)[O-])c1=O. The van der Waals surface area contributed by atoms with Crippen molar-refractivity contribution in [2.45, 2.75) is 27.0 Å². The first-order chi connectivity index (χ1) is 15.4. The second-order valence-corrected chi connectivity index (χ2v) is 6.72. The van der Waals surface area contributed by atoms with Crippen molar-refractivity contribution in [1.29, 1.82) is 5.26 Å². The van der Waals surface area contributed by atoms with Crippen LogP contribution in [-0.2, 0) is 13.2 Å². The minimum Gasteiger partial charge on any atom is -0.493 e. The Kier molecular flexibility index (Phi) is 6.60. The van der Waals surface area contributed by atoms with Crippen LogP contribution in [-0.4, -0.2) is 14.6 Å². The van der Waals surface area contributed by atoms with Crippen LogP contribution in [0.25, 0.3) is 0 Å². The van der Waals surface area contributed by atoms with Crippen LogP contribution < -0.4 is 10.3 Å². The number of nitro benzene ring substituents is 1. The highest BCUT2D eigenvalue weighted by molar-refractivity contribution is 5.61. The highest BCUT2D eigenvalue weighted by Gasteiger charge is 2.20. The average molecular weight is 433 g/mol. The van der Waals surface area contributed by atoms with Crippen molar-refractivity contribution in [2.75, 3.05) is 0 Å². The number of hydrogen-bond donors (Lipinski definition) is 1. The standard InChI is InChI=1S/C22H19N5O5/c1-3-26-21(28)17(12-23)14(2)20(22(26)29)25-24-18-10-9-16(11-19(18)27(30)31)32-13-15-7-5-4-6-8-15/h4-11,28H,3,13H2,1-2H3. The summed E-state index contributed by atoms with van der Waals surface area (Å²) in [5, 5.41) is 38.7. The summed E-state index contributed by atoms with van der Waals surface area (Å²) in [5.74, 6) is -0.178. The smallest absolute Gasteiger partial charge is 0.300 e. The molecule has 0 radical (unpaired) electrons. The van der Waals surface area contributed by atoms with Crippen molar-refractivity contribution < 1.29 is 14.8 Å². The molecule has 1 heterocycles. The summed E-state index contributed by atoms with van der Waals surface area (Å²) >= 11 is 0. The van der Waals surface area contributed by atoms with Crippen LogP contribution in [0.5, 0.6) is 11.6 Å². The Labute approximate surface area is 182 Å². The fraction of sp³-hybridized carbons (Fsp3) is 0.182. The molecule has 0 aliphatic heterocycles. The second-order valence-electron chi connectivity index (χ2n) is 6.72. The van der Waals surface area contributed by atoms with E-state index >= 15 is 0 Å². The van der Waals surface area contributed by atoms with Crippen molar-refractivity contribution in [3.8, 4) is 17.7 Å². The van der Waals surface area contributed by atoms with Crippen LogP contribution >= 0.6 is 0 Å². The van der Waals surface area contributed by atoms with Crippen molar-refractivity contribution in [1.82, 2.24) is 4.57 Å². The number of aromatic hydroxyl groups is 1. The van der Waals surface area contributed by atoms with Gasteiger partial charge in [-0.3, -0.25) is 19.5 Å². The van der Waals surface area contributed by atoms with Gasteiger partial charge < -0.3 is 9.84 Å². The number of benzene rings is 2. The summed E-state index contributed by atoms with van der Waals surface area (Å²) in [6.07, 6.45) is 0. The maximum atomic E-state index is 12.6. The van der Waals surface area contributed by atoms with Crippen LogP contribution in [0.1, 0.15) is 23.6 Å². The van der Waals surface area contributed by atoms with Crippen molar-refractivity contribution in [3.05, 3.63) is 85.7 Å². The molecule has 32 heavy (non-hydrogen) atoms. The molecule has 0 fully saturated rings. The topological polar surface area (TPSA) is 143 Å². The Balaban J connectivity index is 1.96. The third kappa shape index (κ3) is 4.46. The molecule has 0 bridgehead atoms. The summed E-state index contributed by atoms with van der Waals surface area (Å²) in [5.41, 5.74) is -0.353. The molecule has 0 unspecified atom stereocenters. The molecule has 1 N–H and O–H groups in total. The van der Waals surface area contributed by atoms with E-state index in [0.29, 0.717) is 0 Å². The van der Waals surface area contributed by atoms with E-state index in [1.54, 1.807) is 6.92 Å². The maximum absolute atomic E-state index is 12.6. The molecule has 3 rings (SSSR count). The molecule has 162 valence electrons. The van der Waals surface area contributed by atoms with Crippen LogP contribution in [0.4, 0.5) is 17.1 Å². The molecule has 10 nitrogen and oxygen atoms in total. The zero-order valence-corrected chi connectivity index (χ0v) is 17.3. The van der Waals surface area contributed by atoms with Gasteiger partial charge in [0.1, 0.15) is 24.0 Å². The Morgan fingerprint density at radius 3 is 2.56 bits per heavy atom. The number of nitriles is 1. The zero-order chi connectivity index (χ0) is 23.3. The minimum absolute atomic E-state index is 0.0875. The molecule has 0 amide bonds. The van der Waals surface area contributed by atoms with Gasteiger partial charge in [-0.25, -0.2) is 0 Å². The largest absolute Gasteiger partial charge is 0.493 e. The number of nitrogens with zero attached hydrogens (tertiary/aromatic N) is 5. The summed E-state index contributed by atoms with van der Waals surface area (Å²) in [7, 11) is 0. The molecule has 0 saturated heterocycles. The Hall–Kier alpha value is -4.52. The Morgan fingerprint density at radius 1 is 1.22 bits per heavy atom. The highest BCUT2D eigenvalue weighted by atomic mass is 16.6. The van der Waals surface area contributed by atoms with E-state index in [-0.39, 0.29) is 47.1 Å². The molecule has 2 aromatic carbocycles. The first-order valence-corrected chi connectivity index (χ1v) is 9.60. The summed E-state index contributed by atoms with van der Waals surface area (Å²) in [4.78, 5) is 23.5. The van der Waals surface area contributed by atoms with Gasteiger partial charge in [0.2, 0.25) is 5.88 Å². The molecular formula is C22H19N5O5. The lowest BCUT2D eigenvalue weighted by Crippen LogP contribution is -2.20. The number of nitro groups is 1. The van der Waals surface area contributed by atoms with Gasteiger partial charge in [-0.1, -0.05) is 30.3 Å². The lowest BCUT2D eigenvalue weighted by Gasteiger charge is -2.10. The van der Waals surface area contributed by atoms with Gasteiger partial charge in [-0.2, -0.15) is 5.26 Å². The molecule has 0 aliphatic carbocycles. The third-order valence-corrected chi connectivity index (χ3v) is 4.73. The van der Waals surface area contributed by atoms with Gasteiger partial charge in [0, 0.05) is 12.1 Å². The number of azo groups is 1. The van der Waals surface area contributed by atoms with E-state index in [9.17, 15) is 25.3 Å². The molecule has 0 aliphatic rings. The lowest BCUT2D eigenvalue weighted by molar-refractivity contribution is -0.384. The van der Waals surface area contributed by atoms with E-state index in [2.05, 4.69) is 10.2 Å². The predicted octanol–water partition coefficient (Wildman–Crippen LogP) is 4.66. The van der Waals surface area contributed by atoms with Gasteiger partial charge in [-0.05, 0) is 31.5 Å². The van der Waals surface area contributed by atoms with E-state index in [1.165, 1.54) is 25.1 Å². The van der Waals surface area contributed by atoms with Crippen molar-refractivity contribution in [2.24, 2.45) is 10.2 Å². The first kappa shape index (κ1) is 22.2. The second kappa shape index (κ2) is 9.53. The zero-order valence-electron chi connectivity index (χ0n) is 17.3. The fourth-order valence-corrected chi connectivity index (χ4v) is 3.02. The van der Waals surface area contributed by atoms with Crippen LogP contribution in [0, 0.1) is 28.4 Å². The quantitative estimate of drug-likeness (QED) is 0.326. The molecule has 0 saturated carbocycles. The maximum Gasteiger partial charge on any atom is 0.300 e. The normalized spacial score (nSPS) is 10.8. The first-order valence-electron chi connectivity index (χ1n) is 9.60. The molecule has 3 aromatic rings.